The third-order valence-corrected chi connectivity index (χ3v) is 6.26. The summed E-state index contributed by atoms with van der Waals surface area (Å²) in [7, 11) is 0. The Hall–Kier alpha value is -3.33. The van der Waals surface area contributed by atoms with Gasteiger partial charge in [0.1, 0.15) is 11.4 Å². The van der Waals surface area contributed by atoms with Crippen molar-refractivity contribution in [2.75, 3.05) is 5.32 Å². The maximum atomic E-state index is 12.7. The molecule has 0 aliphatic heterocycles. The second-order valence-electron chi connectivity index (χ2n) is 7.77. The summed E-state index contributed by atoms with van der Waals surface area (Å²) in [6.45, 7) is 0. The van der Waals surface area contributed by atoms with Crippen LogP contribution in [0.3, 0.4) is 0 Å². The van der Waals surface area contributed by atoms with E-state index in [1.54, 1.807) is 29.2 Å². The number of hydrogen-bond donors (Lipinski definition) is 2. The first kappa shape index (κ1) is 20.6. The minimum atomic E-state index is -4.32. The van der Waals surface area contributed by atoms with Crippen molar-refractivity contribution in [3.05, 3.63) is 76.4 Å². The minimum Gasteiger partial charge on any atom is -0.490 e. The molecule has 32 heavy (non-hydrogen) atoms. The number of benzene rings is 2. The molecule has 1 fully saturated rings. The molecule has 2 heterocycles. The number of fused-ring (bicyclic) bond motifs is 1. The maximum Gasteiger partial charge on any atom is 0.416 e. The Bertz CT molecular complexity index is 1240. The molecule has 1 saturated carbocycles. The average Bonchev–Trinajstić information content (AvgIpc) is 3.40. The van der Waals surface area contributed by atoms with E-state index in [1.807, 2.05) is 18.2 Å². The van der Waals surface area contributed by atoms with E-state index in [1.165, 1.54) is 11.3 Å². The summed E-state index contributed by atoms with van der Waals surface area (Å²) in [6, 6.07) is 11.0. The van der Waals surface area contributed by atoms with Gasteiger partial charge in [-0.05, 0) is 54.7 Å². The molecule has 1 aliphatic carbocycles. The monoisotopic (exact) mass is 457 g/mol. The number of ether oxygens (including phenoxy) is 1. The van der Waals surface area contributed by atoms with Crippen LogP contribution in [0.25, 0.3) is 10.9 Å². The molecule has 2 N–H and O–H groups in total. The summed E-state index contributed by atoms with van der Waals surface area (Å²) in [5.74, 6) is 0.584. The molecule has 5 nitrogen and oxygen atoms in total. The van der Waals surface area contributed by atoms with Crippen LogP contribution < -0.4 is 10.1 Å². The van der Waals surface area contributed by atoms with Gasteiger partial charge in [0, 0.05) is 22.5 Å². The van der Waals surface area contributed by atoms with E-state index in [4.69, 9.17) is 4.74 Å². The van der Waals surface area contributed by atoms with Crippen LogP contribution >= 0.6 is 11.3 Å². The summed E-state index contributed by atoms with van der Waals surface area (Å²) in [4.78, 5) is 19.4. The number of hydrogen-bond acceptors (Lipinski definition) is 4. The fourth-order valence-corrected chi connectivity index (χ4v) is 4.39. The fourth-order valence-electron chi connectivity index (χ4n) is 3.86. The van der Waals surface area contributed by atoms with Crippen molar-refractivity contribution in [2.24, 2.45) is 0 Å². The lowest BCUT2D eigenvalue weighted by Gasteiger charge is -2.35. The maximum absolute atomic E-state index is 12.7. The van der Waals surface area contributed by atoms with Crippen LogP contribution in [0.2, 0.25) is 0 Å². The number of amides is 1. The van der Waals surface area contributed by atoms with E-state index in [0.717, 1.165) is 41.4 Å². The van der Waals surface area contributed by atoms with Crippen molar-refractivity contribution in [1.82, 2.24) is 9.97 Å². The predicted octanol–water partition coefficient (Wildman–Crippen LogP) is 6.22. The number of nitrogens with one attached hydrogen (secondary N) is 2. The zero-order valence-corrected chi connectivity index (χ0v) is 17.5. The Morgan fingerprint density at radius 3 is 2.62 bits per heavy atom. The highest BCUT2D eigenvalue weighted by Crippen LogP contribution is 2.41. The van der Waals surface area contributed by atoms with Crippen LogP contribution in [-0.4, -0.2) is 22.0 Å². The van der Waals surface area contributed by atoms with Gasteiger partial charge in [-0.3, -0.25) is 4.79 Å². The number of alkyl halides is 3. The van der Waals surface area contributed by atoms with E-state index in [0.29, 0.717) is 17.1 Å². The molecule has 5 rings (SSSR count). The number of nitrogens with zero attached hydrogens (tertiary/aromatic N) is 1. The highest BCUT2D eigenvalue weighted by atomic mass is 32.1. The van der Waals surface area contributed by atoms with Crippen molar-refractivity contribution in [3.8, 4) is 5.75 Å². The first-order valence-electron chi connectivity index (χ1n) is 10.0. The lowest BCUT2D eigenvalue weighted by atomic mass is 9.77. The Kier molecular flexibility index (Phi) is 5.13. The first-order valence-corrected chi connectivity index (χ1v) is 11.0. The van der Waals surface area contributed by atoms with Crippen LogP contribution in [0.1, 0.15) is 40.4 Å². The van der Waals surface area contributed by atoms with E-state index in [-0.39, 0.29) is 17.9 Å². The van der Waals surface area contributed by atoms with Crippen LogP contribution in [0.5, 0.6) is 5.75 Å². The van der Waals surface area contributed by atoms with E-state index in [9.17, 15) is 18.0 Å². The summed E-state index contributed by atoms with van der Waals surface area (Å²) in [5, 5.41) is 5.36. The Morgan fingerprint density at radius 1 is 1.16 bits per heavy atom. The molecule has 164 valence electrons. The molecule has 0 spiro atoms. The highest BCUT2D eigenvalue weighted by Gasteiger charge is 2.34. The molecule has 0 atom stereocenters. The van der Waals surface area contributed by atoms with Crippen molar-refractivity contribution in [1.29, 1.82) is 0 Å². The first-order chi connectivity index (χ1) is 15.4. The summed E-state index contributed by atoms with van der Waals surface area (Å²) in [6.07, 6.45) is -1.12. The van der Waals surface area contributed by atoms with Gasteiger partial charge in [0.15, 0.2) is 0 Å². The van der Waals surface area contributed by atoms with Gasteiger partial charge in [-0.1, -0.05) is 12.1 Å². The van der Waals surface area contributed by atoms with Crippen molar-refractivity contribution in [2.45, 2.75) is 31.0 Å². The number of carbonyl (C=O) groups is 1. The quantitative estimate of drug-likeness (QED) is 0.374. The molecule has 1 aliphatic rings. The lowest BCUT2D eigenvalue weighted by molar-refractivity contribution is -0.137. The van der Waals surface area contributed by atoms with Crippen LogP contribution in [0, 0.1) is 0 Å². The molecule has 0 bridgehead atoms. The van der Waals surface area contributed by atoms with Crippen LogP contribution in [0.4, 0.5) is 18.9 Å². The van der Waals surface area contributed by atoms with Crippen molar-refractivity contribution < 1.29 is 22.7 Å². The molecule has 0 saturated heterocycles. The van der Waals surface area contributed by atoms with Gasteiger partial charge in [0.05, 0.1) is 22.9 Å². The van der Waals surface area contributed by atoms with Crippen LogP contribution in [0.15, 0.2) is 59.6 Å². The summed E-state index contributed by atoms with van der Waals surface area (Å²) >= 11 is 1.35. The van der Waals surface area contributed by atoms with E-state index >= 15 is 0 Å². The van der Waals surface area contributed by atoms with Gasteiger partial charge >= 0.3 is 6.18 Å². The number of halogens is 3. The number of aromatic amines is 1. The van der Waals surface area contributed by atoms with Gasteiger partial charge in [0.25, 0.3) is 5.91 Å². The largest absolute Gasteiger partial charge is 0.490 e. The normalized spacial score (nSPS) is 18.3. The Balaban J connectivity index is 1.23. The minimum absolute atomic E-state index is 0.00766. The number of thiazole rings is 1. The second kappa shape index (κ2) is 7.98. The Labute approximate surface area is 185 Å². The fraction of sp³-hybridized carbons (Fsp3) is 0.217. The molecule has 9 heteroatoms. The Morgan fingerprint density at radius 2 is 1.94 bits per heavy atom. The van der Waals surface area contributed by atoms with Gasteiger partial charge < -0.3 is 15.0 Å². The molecule has 4 aromatic rings. The average molecular weight is 457 g/mol. The van der Waals surface area contributed by atoms with Crippen LogP contribution in [-0.2, 0) is 6.18 Å². The van der Waals surface area contributed by atoms with Crippen molar-refractivity contribution >= 4 is 33.8 Å². The smallest absolute Gasteiger partial charge is 0.416 e. The number of H-pyrrole nitrogens is 1. The molecular formula is C23H18F3N3O2S. The molecule has 0 radical (unpaired) electrons. The van der Waals surface area contributed by atoms with Crippen molar-refractivity contribution in [3.63, 3.8) is 0 Å². The SMILES string of the molecule is O=C(Nc1c[nH]c2ccc(O[C@H]3C[C@H](c4ccc(C(F)(F)F)cc4)C3)cc12)c1cscn1. The van der Waals surface area contributed by atoms with E-state index in [2.05, 4.69) is 15.3 Å². The van der Waals surface area contributed by atoms with Gasteiger partial charge in [-0.15, -0.1) is 11.3 Å². The molecule has 2 aromatic heterocycles. The van der Waals surface area contributed by atoms with Gasteiger partial charge in [-0.25, -0.2) is 4.98 Å². The van der Waals surface area contributed by atoms with Gasteiger partial charge in [-0.2, -0.15) is 13.2 Å². The molecule has 0 unspecified atom stereocenters. The molecule has 2 aromatic carbocycles. The number of aromatic nitrogens is 2. The zero-order chi connectivity index (χ0) is 22.3. The van der Waals surface area contributed by atoms with E-state index < -0.39 is 11.7 Å². The summed E-state index contributed by atoms with van der Waals surface area (Å²) in [5.41, 5.74) is 3.73. The highest BCUT2D eigenvalue weighted by molar-refractivity contribution is 7.07. The topological polar surface area (TPSA) is 67.0 Å². The zero-order valence-electron chi connectivity index (χ0n) is 16.6. The number of anilines is 1. The number of rotatable bonds is 5. The third-order valence-electron chi connectivity index (χ3n) is 5.67. The third kappa shape index (κ3) is 4.08. The molecule has 1 amide bonds. The van der Waals surface area contributed by atoms with Gasteiger partial charge in [0.2, 0.25) is 0 Å². The number of carbonyl (C=O) groups excluding carboxylic acids is 1. The standard InChI is InChI=1S/C23H18F3N3O2S/c24-23(25,26)15-3-1-13(2-4-15)14-7-17(8-14)31-16-5-6-19-18(9-16)20(10-27-19)29-22(30)21-11-32-12-28-21/h1-6,9-12,14,17,27H,7-8H2,(H,29,30)/t14-,17-. The lowest BCUT2D eigenvalue weighted by Crippen LogP contribution is -2.32. The summed E-state index contributed by atoms with van der Waals surface area (Å²) < 4.78 is 44.3. The second-order valence-corrected chi connectivity index (χ2v) is 8.48. The predicted molar refractivity (Wildman–Crippen MR) is 116 cm³/mol. The molecular weight excluding hydrogens is 439 g/mol.